The van der Waals surface area contributed by atoms with E-state index in [4.69, 9.17) is 0 Å². The van der Waals surface area contributed by atoms with Crippen LogP contribution in [0.5, 0.6) is 0 Å². The number of hydrogen-bond donors (Lipinski definition) is 0. The summed E-state index contributed by atoms with van der Waals surface area (Å²) in [5, 5.41) is 0. The third-order valence-corrected chi connectivity index (χ3v) is 7.06. The van der Waals surface area contributed by atoms with Crippen molar-refractivity contribution in [3.05, 3.63) is 12.2 Å². The Hall–Kier alpha value is -0.260. The zero-order valence-electron chi connectivity index (χ0n) is 22.0. The van der Waals surface area contributed by atoms with Crippen LogP contribution in [-0.4, -0.2) is 0 Å². The molecule has 180 valence electrons. The summed E-state index contributed by atoms with van der Waals surface area (Å²) in [7, 11) is 0. The standard InChI is InChI=1S/C30H60/c1-6-8-10-12-14-18-24-29(4)26-21-27-30(5)25-20-16-13-15-19-23-28(3)22-17-11-9-7-2/h12,14,28-30H,6-11,13,15-27H2,1-5H3. The number of rotatable bonds is 23. The fraction of sp³-hybridized carbons (Fsp3) is 0.933. The largest absolute Gasteiger partial charge is 0.0885 e. The summed E-state index contributed by atoms with van der Waals surface area (Å²) in [5.41, 5.74) is 0. The Labute approximate surface area is 193 Å². The van der Waals surface area contributed by atoms with Crippen molar-refractivity contribution in [1.82, 2.24) is 0 Å². The predicted molar refractivity (Wildman–Crippen MR) is 140 cm³/mol. The molecule has 0 aromatic rings. The molecule has 0 aliphatic rings. The number of unbranched alkanes of at least 4 members (excludes halogenated alkanes) is 9. The first-order valence-corrected chi connectivity index (χ1v) is 14.2. The molecule has 0 saturated heterocycles. The lowest BCUT2D eigenvalue weighted by Gasteiger charge is -2.14. The van der Waals surface area contributed by atoms with Crippen molar-refractivity contribution in [3.8, 4) is 0 Å². The second kappa shape index (κ2) is 23.4. The molecule has 0 heteroatoms. The van der Waals surface area contributed by atoms with E-state index < -0.39 is 0 Å². The average molecular weight is 421 g/mol. The Morgan fingerprint density at radius 2 is 0.800 bits per heavy atom. The Morgan fingerprint density at radius 1 is 0.400 bits per heavy atom. The molecule has 0 fully saturated rings. The second-order valence-corrected chi connectivity index (χ2v) is 10.6. The van der Waals surface area contributed by atoms with E-state index in [-0.39, 0.29) is 0 Å². The molecule has 0 aliphatic heterocycles. The van der Waals surface area contributed by atoms with Gasteiger partial charge in [-0.15, -0.1) is 0 Å². The van der Waals surface area contributed by atoms with Crippen molar-refractivity contribution in [3.63, 3.8) is 0 Å². The van der Waals surface area contributed by atoms with Gasteiger partial charge in [-0.3, -0.25) is 0 Å². The van der Waals surface area contributed by atoms with Gasteiger partial charge in [0.1, 0.15) is 0 Å². The first kappa shape index (κ1) is 29.7. The van der Waals surface area contributed by atoms with Gasteiger partial charge in [-0.2, -0.15) is 0 Å². The summed E-state index contributed by atoms with van der Waals surface area (Å²) in [4.78, 5) is 0. The van der Waals surface area contributed by atoms with E-state index in [1.807, 2.05) is 0 Å². The van der Waals surface area contributed by atoms with Crippen molar-refractivity contribution in [2.45, 2.75) is 163 Å². The highest BCUT2D eigenvalue weighted by Gasteiger charge is 2.06. The molecule has 0 bridgehead atoms. The molecule has 0 heterocycles. The Bertz CT molecular complexity index is 342. The van der Waals surface area contributed by atoms with Crippen LogP contribution in [0.3, 0.4) is 0 Å². The lowest BCUT2D eigenvalue weighted by molar-refractivity contribution is 0.397. The zero-order chi connectivity index (χ0) is 22.3. The molecule has 0 N–H and O–H groups in total. The van der Waals surface area contributed by atoms with Crippen LogP contribution in [0.2, 0.25) is 0 Å². The molecule has 0 amide bonds. The van der Waals surface area contributed by atoms with Crippen molar-refractivity contribution >= 4 is 0 Å². The smallest absolute Gasteiger partial charge is 0.0348 e. The Kier molecular flexibility index (Phi) is 23.2. The van der Waals surface area contributed by atoms with Gasteiger partial charge < -0.3 is 0 Å². The monoisotopic (exact) mass is 420 g/mol. The molecule has 0 aromatic carbocycles. The average Bonchev–Trinajstić information content (AvgIpc) is 2.73. The van der Waals surface area contributed by atoms with Crippen molar-refractivity contribution in [2.24, 2.45) is 17.8 Å². The summed E-state index contributed by atoms with van der Waals surface area (Å²) in [5.74, 6) is 2.80. The highest BCUT2D eigenvalue weighted by atomic mass is 14.1. The van der Waals surface area contributed by atoms with Gasteiger partial charge in [0.05, 0.1) is 0 Å². The van der Waals surface area contributed by atoms with E-state index in [1.54, 1.807) is 0 Å². The summed E-state index contributed by atoms with van der Waals surface area (Å²) in [6.07, 6.45) is 33.2. The number of hydrogen-bond acceptors (Lipinski definition) is 0. The highest BCUT2D eigenvalue weighted by molar-refractivity contribution is 4.81. The summed E-state index contributed by atoms with van der Waals surface area (Å²) < 4.78 is 0. The molecule has 0 aromatic heterocycles. The summed E-state index contributed by atoms with van der Waals surface area (Å²) >= 11 is 0. The van der Waals surface area contributed by atoms with E-state index in [2.05, 4.69) is 46.8 Å². The lowest BCUT2D eigenvalue weighted by Crippen LogP contribution is -1.99. The number of allylic oxidation sites excluding steroid dienone is 2. The van der Waals surface area contributed by atoms with Crippen LogP contribution >= 0.6 is 0 Å². The molecule has 3 atom stereocenters. The first-order chi connectivity index (χ1) is 14.6. The minimum Gasteiger partial charge on any atom is -0.0885 e. The molecular formula is C30H60. The van der Waals surface area contributed by atoms with Crippen LogP contribution in [0.4, 0.5) is 0 Å². The maximum Gasteiger partial charge on any atom is -0.0348 e. The van der Waals surface area contributed by atoms with Gasteiger partial charge in [0.2, 0.25) is 0 Å². The van der Waals surface area contributed by atoms with Gasteiger partial charge in [0.15, 0.2) is 0 Å². The lowest BCUT2D eigenvalue weighted by atomic mass is 9.92. The van der Waals surface area contributed by atoms with Crippen molar-refractivity contribution < 1.29 is 0 Å². The van der Waals surface area contributed by atoms with Crippen molar-refractivity contribution in [1.29, 1.82) is 0 Å². The molecule has 3 unspecified atom stereocenters. The molecule has 0 rings (SSSR count). The zero-order valence-corrected chi connectivity index (χ0v) is 22.0. The molecule has 0 radical (unpaired) electrons. The van der Waals surface area contributed by atoms with Gasteiger partial charge in [0, 0.05) is 0 Å². The van der Waals surface area contributed by atoms with Gasteiger partial charge >= 0.3 is 0 Å². The van der Waals surface area contributed by atoms with Gasteiger partial charge in [-0.05, 0) is 37.0 Å². The maximum absolute atomic E-state index is 2.49. The Balaban J connectivity index is 3.40. The normalized spacial score (nSPS) is 15.0. The van der Waals surface area contributed by atoms with E-state index in [9.17, 15) is 0 Å². The third kappa shape index (κ3) is 22.4. The second-order valence-electron chi connectivity index (χ2n) is 10.6. The predicted octanol–water partition coefficient (Wildman–Crippen LogP) is 11.3. The van der Waals surface area contributed by atoms with E-state index in [0.29, 0.717) is 0 Å². The molecule has 0 spiro atoms. The minimum atomic E-state index is 0.905. The van der Waals surface area contributed by atoms with Gasteiger partial charge in [-0.1, -0.05) is 156 Å². The topological polar surface area (TPSA) is 0 Å². The minimum absolute atomic E-state index is 0.905. The van der Waals surface area contributed by atoms with Gasteiger partial charge in [-0.25, -0.2) is 0 Å². The maximum atomic E-state index is 2.49. The Morgan fingerprint density at radius 3 is 1.33 bits per heavy atom. The highest BCUT2D eigenvalue weighted by Crippen LogP contribution is 2.22. The van der Waals surface area contributed by atoms with Crippen LogP contribution in [0.15, 0.2) is 12.2 Å². The molecule has 0 nitrogen and oxygen atoms in total. The van der Waals surface area contributed by atoms with E-state index in [1.165, 1.54) is 128 Å². The fourth-order valence-electron chi connectivity index (χ4n) is 4.62. The molecule has 0 saturated carbocycles. The summed E-state index contributed by atoms with van der Waals surface area (Å²) in [6, 6.07) is 0. The fourth-order valence-corrected chi connectivity index (χ4v) is 4.62. The molecular weight excluding hydrogens is 360 g/mol. The van der Waals surface area contributed by atoms with Crippen molar-refractivity contribution in [2.75, 3.05) is 0 Å². The van der Waals surface area contributed by atoms with E-state index >= 15 is 0 Å². The quantitative estimate of drug-likeness (QED) is 0.114. The van der Waals surface area contributed by atoms with Crippen LogP contribution in [0.1, 0.15) is 163 Å². The SMILES string of the molecule is CCCCC=CCCC(C)CCCC(C)CCCCCCCC(C)CCCCCC. The van der Waals surface area contributed by atoms with Crippen LogP contribution in [0, 0.1) is 17.8 Å². The summed E-state index contributed by atoms with van der Waals surface area (Å²) in [6.45, 7) is 12.0. The van der Waals surface area contributed by atoms with Crippen LogP contribution in [0.25, 0.3) is 0 Å². The van der Waals surface area contributed by atoms with Crippen LogP contribution < -0.4 is 0 Å². The first-order valence-electron chi connectivity index (χ1n) is 14.2. The van der Waals surface area contributed by atoms with Crippen LogP contribution in [-0.2, 0) is 0 Å². The molecule has 0 aliphatic carbocycles. The van der Waals surface area contributed by atoms with E-state index in [0.717, 1.165) is 17.8 Å². The molecule has 30 heavy (non-hydrogen) atoms. The van der Waals surface area contributed by atoms with Gasteiger partial charge in [0.25, 0.3) is 0 Å². The third-order valence-electron chi connectivity index (χ3n) is 7.06.